The highest BCUT2D eigenvalue weighted by Gasteiger charge is 2.21. The molecule has 123 valence electrons. The van der Waals surface area contributed by atoms with Crippen LogP contribution in [-0.2, 0) is 17.6 Å². The topological polar surface area (TPSA) is 76.4 Å². The molecular formula is C19H20N3O2. The van der Waals surface area contributed by atoms with Crippen LogP contribution in [0.4, 0.5) is 5.69 Å². The van der Waals surface area contributed by atoms with Gasteiger partial charge in [-0.15, -0.1) is 0 Å². The third-order valence-corrected chi connectivity index (χ3v) is 4.04. The minimum atomic E-state index is -0.426. The van der Waals surface area contributed by atoms with Crippen LogP contribution < -0.4 is 21.1 Å². The second-order valence-electron chi connectivity index (χ2n) is 5.57. The monoisotopic (exact) mass is 322 g/mol. The second-order valence-corrected chi connectivity index (χ2v) is 5.57. The van der Waals surface area contributed by atoms with E-state index in [9.17, 15) is 4.79 Å². The van der Waals surface area contributed by atoms with E-state index in [2.05, 4.69) is 16.7 Å². The van der Waals surface area contributed by atoms with Gasteiger partial charge in [-0.25, -0.2) is 0 Å². The molecule has 0 saturated carbocycles. The molecule has 1 heterocycles. The lowest BCUT2D eigenvalue weighted by atomic mass is 9.99. The molecule has 24 heavy (non-hydrogen) atoms. The van der Waals surface area contributed by atoms with E-state index in [0.29, 0.717) is 24.4 Å². The van der Waals surface area contributed by atoms with E-state index in [4.69, 9.17) is 10.5 Å². The summed E-state index contributed by atoms with van der Waals surface area (Å²) in [6.07, 6.45) is 1.25. The number of hydrogen-bond donors (Lipinski definition) is 3. The molecule has 1 radical (unpaired) electrons. The SMILES string of the molecule is COc1ccccc1CCNC1=C(C(N)=O)Cc2[c]cccc2N1. The minimum Gasteiger partial charge on any atom is -0.496 e. The predicted octanol–water partition coefficient (Wildman–Crippen LogP) is 1.99. The predicted molar refractivity (Wildman–Crippen MR) is 93.5 cm³/mol. The zero-order chi connectivity index (χ0) is 16.9. The Morgan fingerprint density at radius 3 is 2.96 bits per heavy atom. The fourth-order valence-electron chi connectivity index (χ4n) is 2.80. The van der Waals surface area contributed by atoms with E-state index in [1.165, 1.54) is 0 Å². The highest BCUT2D eigenvalue weighted by atomic mass is 16.5. The number of anilines is 1. The Labute approximate surface area is 141 Å². The molecular weight excluding hydrogens is 302 g/mol. The first-order valence-corrected chi connectivity index (χ1v) is 7.84. The first-order valence-electron chi connectivity index (χ1n) is 7.84. The second kappa shape index (κ2) is 7.08. The van der Waals surface area contributed by atoms with Gasteiger partial charge in [-0.05, 0) is 35.7 Å². The van der Waals surface area contributed by atoms with Gasteiger partial charge in [-0.3, -0.25) is 4.79 Å². The molecule has 1 amide bonds. The quantitative estimate of drug-likeness (QED) is 0.760. The molecule has 5 heteroatoms. The van der Waals surface area contributed by atoms with E-state index in [0.717, 1.165) is 29.0 Å². The maximum absolute atomic E-state index is 11.8. The van der Waals surface area contributed by atoms with Crippen molar-refractivity contribution in [1.29, 1.82) is 0 Å². The first-order chi connectivity index (χ1) is 11.7. The van der Waals surface area contributed by atoms with Crippen LogP contribution in [-0.4, -0.2) is 19.6 Å². The number of nitrogens with two attached hydrogens (primary N) is 1. The van der Waals surface area contributed by atoms with Crippen LogP contribution in [0.3, 0.4) is 0 Å². The van der Waals surface area contributed by atoms with E-state index < -0.39 is 5.91 Å². The van der Waals surface area contributed by atoms with Gasteiger partial charge in [0.1, 0.15) is 11.6 Å². The number of carbonyl (C=O) groups excluding carboxylic acids is 1. The summed E-state index contributed by atoms with van der Waals surface area (Å²) in [4.78, 5) is 11.8. The van der Waals surface area contributed by atoms with E-state index in [1.54, 1.807) is 7.11 Å². The summed E-state index contributed by atoms with van der Waals surface area (Å²) in [5, 5.41) is 6.54. The van der Waals surface area contributed by atoms with E-state index in [1.807, 2.05) is 42.5 Å². The number of nitrogens with one attached hydrogen (secondary N) is 2. The van der Waals surface area contributed by atoms with Gasteiger partial charge in [0.05, 0.1) is 12.7 Å². The molecule has 0 aromatic heterocycles. The van der Waals surface area contributed by atoms with Crippen molar-refractivity contribution < 1.29 is 9.53 Å². The Morgan fingerprint density at radius 1 is 1.33 bits per heavy atom. The summed E-state index contributed by atoms with van der Waals surface area (Å²) in [5.41, 5.74) is 9.08. The fraction of sp³-hybridized carbons (Fsp3) is 0.211. The summed E-state index contributed by atoms with van der Waals surface area (Å²) in [7, 11) is 1.66. The van der Waals surface area contributed by atoms with Gasteiger partial charge in [0.2, 0.25) is 5.91 Å². The highest BCUT2D eigenvalue weighted by Crippen LogP contribution is 2.26. The molecule has 0 fully saturated rings. The van der Waals surface area contributed by atoms with Gasteiger partial charge in [-0.2, -0.15) is 0 Å². The number of primary amides is 1. The number of carbonyl (C=O) groups is 1. The number of para-hydroxylation sites is 1. The maximum Gasteiger partial charge on any atom is 0.248 e. The lowest BCUT2D eigenvalue weighted by molar-refractivity contribution is -0.114. The molecule has 0 unspecified atom stereocenters. The minimum absolute atomic E-state index is 0.426. The van der Waals surface area contributed by atoms with Crippen LogP contribution in [0, 0.1) is 6.07 Å². The zero-order valence-electron chi connectivity index (χ0n) is 13.6. The maximum atomic E-state index is 11.8. The van der Waals surface area contributed by atoms with Crippen LogP contribution in [0.2, 0.25) is 0 Å². The number of amides is 1. The Bertz CT molecular complexity index is 784. The smallest absolute Gasteiger partial charge is 0.248 e. The van der Waals surface area contributed by atoms with E-state index in [-0.39, 0.29) is 0 Å². The van der Waals surface area contributed by atoms with Gasteiger partial charge in [0.25, 0.3) is 0 Å². The van der Waals surface area contributed by atoms with Gasteiger partial charge in [-0.1, -0.05) is 30.3 Å². The van der Waals surface area contributed by atoms with Crippen LogP contribution in [0.5, 0.6) is 5.75 Å². The molecule has 3 rings (SSSR count). The number of fused-ring (bicyclic) bond motifs is 1. The largest absolute Gasteiger partial charge is 0.496 e. The summed E-state index contributed by atoms with van der Waals surface area (Å²) < 4.78 is 5.36. The molecule has 0 bridgehead atoms. The van der Waals surface area contributed by atoms with Gasteiger partial charge < -0.3 is 21.1 Å². The number of ether oxygens (including phenoxy) is 1. The lowest BCUT2D eigenvalue weighted by Crippen LogP contribution is -2.32. The van der Waals surface area contributed by atoms with Gasteiger partial charge in [0, 0.05) is 18.7 Å². The average molecular weight is 322 g/mol. The molecule has 0 saturated heterocycles. The van der Waals surface area contributed by atoms with Gasteiger partial charge >= 0.3 is 0 Å². The van der Waals surface area contributed by atoms with Crippen LogP contribution in [0.25, 0.3) is 0 Å². The molecule has 1 aliphatic rings. The van der Waals surface area contributed by atoms with Crippen molar-refractivity contribution in [3.63, 3.8) is 0 Å². The van der Waals surface area contributed by atoms with Crippen molar-refractivity contribution in [3.8, 4) is 5.75 Å². The van der Waals surface area contributed by atoms with Crippen molar-refractivity contribution in [3.05, 3.63) is 71.1 Å². The number of rotatable bonds is 6. The Hall–Kier alpha value is -2.95. The average Bonchev–Trinajstić information content (AvgIpc) is 2.61. The molecule has 0 atom stereocenters. The molecule has 4 N–H and O–H groups in total. The van der Waals surface area contributed by atoms with Crippen LogP contribution in [0.1, 0.15) is 11.1 Å². The summed E-state index contributed by atoms with van der Waals surface area (Å²) >= 11 is 0. The van der Waals surface area contributed by atoms with E-state index >= 15 is 0 Å². The number of methoxy groups -OCH3 is 1. The fourth-order valence-corrected chi connectivity index (χ4v) is 2.80. The van der Waals surface area contributed by atoms with Crippen molar-refractivity contribution in [2.24, 2.45) is 5.73 Å². The molecule has 2 aromatic rings. The van der Waals surface area contributed by atoms with Gasteiger partial charge in [0.15, 0.2) is 0 Å². The summed E-state index contributed by atoms with van der Waals surface area (Å²) in [6, 6.07) is 16.7. The standard InChI is InChI=1S/C19H20N3O2/c1-24-17-9-5-3-6-13(17)10-11-21-19-15(18(20)23)12-14-7-2-4-8-16(14)22-19/h2-6,8-9,21-22H,10-12H2,1H3,(H2,20,23). The zero-order valence-corrected chi connectivity index (χ0v) is 13.6. The number of benzene rings is 2. The molecule has 0 aliphatic carbocycles. The number of hydrogen-bond acceptors (Lipinski definition) is 4. The lowest BCUT2D eigenvalue weighted by Gasteiger charge is -2.24. The van der Waals surface area contributed by atoms with Crippen molar-refractivity contribution in [2.75, 3.05) is 19.0 Å². The molecule has 5 nitrogen and oxygen atoms in total. The first kappa shape index (κ1) is 15.9. The van der Waals surface area contributed by atoms with Crippen molar-refractivity contribution >= 4 is 11.6 Å². The molecule has 1 aliphatic heterocycles. The summed E-state index contributed by atoms with van der Waals surface area (Å²) in [5.74, 6) is 1.11. The summed E-state index contributed by atoms with van der Waals surface area (Å²) in [6.45, 7) is 0.658. The Kier molecular flexibility index (Phi) is 4.70. The Balaban J connectivity index is 1.72. The van der Waals surface area contributed by atoms with Crippen molar-refractivity contribution in [1.82, 2.24) is 5.32 Å². The van der Waals surface area contributed by atoms with Crippen molar-refractivity contribution in [2.45, 2.75) is 12.8 Å². The molecule has 2 aromatic carbocycles. The third kappa shape index (κ3) is 3.35. The Morgan fingerprint density at radius 2 is 2.17 bits per heavy atom. The third-order valence-electron chi connectivity index (χ3n) is 4.04. The van der Waals surface area contributed by atoms with Crippen LogP contribution in [0.15, 0.2) is 53.9 Å². The molecule has 0 spiro atoms. The normalized spacial score (nSPS) is 13.0. The van der Waals surface area contributed by atoms with Crippen LogP contribution >= 0.6 is 0 Å². The highest BCUT2D eigenvalue weighted by molar-refractivity contribution is 5.94.